The van der Waals surface area contributed by atoms with Crippen LogP contribution in [0.15, 0.2) is 98.0 Å². The first-order valence-corrected chi connectivity index (χ1v) is 12.4. The normalized spacial score (nSPS) is 12.5. The quantitative estimate of drug-likeness (QED) is 0.337. The van der Waals surface area contributed by atoms with Gasteiger partial charge in [0.2, 0.25) is 4.80 Å². The fraction of sp³-hybridized carbons (Fsp3) is 0.0800. The van der Waals surface area contributed by atoms with Crippen molar-refractivity contribution in [3.8, 4) is 16.9 Å². The lowest BCUT2D eigenvalue weighted by Gasteiger charge is -2.09. The van der Waals surface area contributed by atoms with Gasteiger partial charge in [0.15, 0.2) is 0 Å². The van der Waals surface area contributed by atoms with Crippen LogP contribution in [0, 0.1) is 13.8 Å². The van der Waals surface area contributed by atoms with Gasteiger partial charge in [-0.1, -0.05) is 54.1 Å². The van der Waals surface area contributed by atoms with Gasteiger partial charge in [-0.3, -0.25) is 4.57 Å². The minimum absolute atomic E-state index is 0.169. The van der Waals surface area contributed by atoms with Crippen molar-refractivity contribution in [2.24, 2.45) is 4.40 Å². The highest BCUT2D eigenvalue weighted by molar-refractivity contribution is 7.90. The van der Waals surface area contributed by atoms with Crippen molar-refractivity contribution in [3.05, 3.63) is 100 Å². The molecule has 0 atom stereocenters. The fourth-order valence-electron chi connectivity index (χ4n) is 3.73. The van der Waals surface area contributed by atoms with E-state index in [1.54, 1.807) is 24.3 Å². The van der Waals surface area contributed by atoms with Gasteiger partial charge >= 0.3 is 0 Å². The maximum Gasteiger partial charge on any atom is 0.285 e. The van der Waals surface area contributed by atoms with E-state index in [4.69, 9.17) is 4.42 Å². The van der Waals surface area contributed by atoms with Crippen molar-refractivity contribution in [3.63, 3.8) is 0 Å². The monoisotopic (exact) mass is 460 g/mol. The Morgan fingerprint density at radius 2 is 1.56 bits per heavy atom. The average molecular weight is 461 g/mol. The first kappa shape index (κ1) is 20.5. The van der Waals surface area contributed by atoms with E-state index in [-0.39, 0.29) is 4.90 Å². The molecule has 5 rings (SSSR count). The average Bonchev–Trinajstić information content (AvgIpc) is 3.33. The van der Waals surface area contributed by atoms with Gasteiger partial charge in [0.25, 0.3) is 10.0 Å². The zero-order valence-corrected chi connectivity index (χ0v) is 19.2. The molecule has 0 unspecified atom stereocenters. The van der Waals surface area contributed by atoms with Crippen molar-refractivity contribution in [1.29, 1.82) is 0 Å². The van der Waals surface area contributed by atoms with Crippen molar-refractivity contribution in [1.82, 2.24) is 4.57 Å². The maximum atomic E-state index is 13.1. The van der Waals surface area contributed by atoms with Crippen molar-refractivity contribution < 1.29 is 12.8 Å². The molecule has 0 spiro atoms. The first-order chi connectivity index (χ1) is 15.4. The molecule has 3 aromatic carbocycles. The van der Waals surface area contributed by atoms with Crippen LogP contribution in [0.2, 0.25) is 0 Å². The van der Waals surface area contributed by atoms with Gasteiger partial charge in [0.1, 0.15) is 11.3 Å². The summed E-state index contributed by atoms with van der Waals surface area (Å²) in [5.41, 5.74) is 4.36. The summed E-state index contributed by atoms with van der Waals surface area (Å²) in [7, 11) is -3.88. The molecule has 0 aliphatic carbocycles. The Morgan fingerprint density at radius 1 is 0.875 bits per heavy atom. The lowest BCUT2D eigenvalue weighted by Crippen LogP contribution is -2.16. The van der Waals surface area contributed by atoms with Gasteiger partial charge in [-0.05, 0) is 44.2 Å². The third-order valence-corrected chi connectivity index (χ3v) is 7.49. The van der Waals surface area contributed by atoms with E-state index in [1.165, 1.54) is 11.3 Å². The van der Waals surface area contributed by atoms with Crippen LogP contribution in [0.4, 0.5) is 0 Å². The molecule has 0 radical (unpaired) electrons. The molecule has 0 bridgehead atoms. The van der Waals surface area contributed by atoms with E-state index in [1.807, 2.05) is 78.4 Å². The Hall–Kier alpha value is -3.42. The van der Waals surface area contributed by atoms with Gasteiger partial charge in [-0.2, -0.15) is 8.42 Å². The number of furan rings is 1. The SMILES string of the molecule is Cc1ccc(S(=O)(=O)/N=c2/scc(-c3c(C)oc4ccccc34)n2-c2ccccc2)cc1. The summed E-state index contributed by atoms with van der Waals surface area (Å²) in [6.07, 6.45) is 0. The van der Waals surface area contributed by atoms with E-state index in [0.717, 1.165) is 39.2 Å². The zero-order valence-electron chi connectivity index (χ0n) is 17.5. The summed E-state index contributed by atoms with van der Waals surface area (Å²) in [4.78, 5) is 0.541. The summed E-state index contributed by atoms with van der Waals surface area (Å²) >= 11 is 1.29. The molecule has 0 aliphatic rings. The number of aryl methyl sites for hydroxylation is 2. The third kappa shape index (κ3) is 3.59. The fourth-order valence-corrected chi connectivity index (χ4v) is 5.82. The van der Waals surface area contributed by atoms with Crippen molar-refractivity contribution in [2.45, 2.75) is 18.7 Å². The van der Waals surface area contributed by atoms with E-state index in [9.17, 15) is 8.42 Å². The van der Waals surface area contributed by atoms with E-state index < -0.39 is 10.0 Å². The number of hydrogen-bond acceptors (Lipinski definition) is 4. The lowest BCUT2D eigenvalue weighted by molar-refractivity contribution is 0.579. The Balaban J connectivity index is 1.79. The second-order valence-electron chi connectivity index (χ2n) is 7.48. The first-order valence-electron chi connectivity index (χ1n) is 10.1. The Morgan fingerprint density at radius 3 is 2.31 bits per heavy atom. The molecule has 2 heterocycles. The minimum atomic E-state index is -3.88. The van der Waals surface area contributed by atoms with Crippen LogP contribution in [0.25, 0.3) is 27.9 Å². The summed E-state index contributed by atoms with van der Waals surface area (Å²) in [5, 5.41) is 2.90. The lowest BCUT2D eigenvalue weighted by atomic mass is 10.1. The Bertz CT molecular complexity index is 1590. The third-order valence-electron chi connectivity index (χ3n) is 5.27. The topological polar surface area (TPSA) is 64.6 Å². The van der Waals surface area contributed by atoms with Crippen LogP contribution < -0.4 is 4.80 Å². The number of thiazole rings is 1. The van der Waals surface area contributed by atoms with E-state index in [0.29, 0.717) is 4.80 Å². The number of rotatable bonds is 4. The second-order valence-corrected chi connectivity index (χ2v) is 9.92. The zero-order chi connectivity index (χ0) is 22.3. The number of aromatic nitrogens is 1. The minimum Gasteiger partial charge on any atom is -0.461 e. The molecule has 0 amide bonds. The molecule has 7 heteroatoms. The van der Waals surface area contributed by atoms with Gasteiger partial charge < -0.3 is 4.42 Å². The highest BCUT2D eigenvalue weighted by atomic mass is 32.2. The molecule has 0 N–H and O–H groups in total. The summed E-state index contributed by atoms with van der Waals surface area (Å²) < 4.78 is 38.2. The summed E-state index contributed by atoms with van der Waals surface area (Å²) in [6.45, 7) is 3.84. The molecule has 160 valence electrons. The smallest absolute Gasteiger partial charge is 0.285 e. The number of para-hydroxylation sites is 2. The molecule has 5 aromatic rings. The van der Waals surface area contributed by atoms with Crippen LogP contribution in [-0.2, 0) is 10.0 Å². The molecular formula is C25H20N2O3S2. The number of benzene rings is 3. The number of hydrogen-bond donors (Lipinski definition) is 0. The van der Waals surface area contributed by atoms with Gasteiger partial charge in [-0.25, -0.2) is 0 Å². The number of fused-ring (bicyclic) bond motifs is 1. The molecule has 2 aromatic heterocycles. The molecule has 5 nitrogen and oxygen atoms in total. The van der Waals surface area contributed by atoms with Gasteiger partial charge in [-0.15, -0.1) is 15.7 Å². The van der Waals surface area contributed by atoms with Crippen LogP contribution in [0.3, 0.4) is 0 Å². The second kappa shape index (κ2) is 7.93. The van der Waals surface area contributed by atoms with E-state index >= 15 is 0 Å². The van der Waals surface area contributed by atoms with Crippen molar-refractivity contribution >= 4 is 32.3 Å². The van der Waals surface area contributed by atoms with Crippen LogP contribution in [0.1, 0.15) is 11.3 Å². The summed E-state index contributed by atoms with van der Waals surface area (Å²) in [6, 6.07) is 24.2. The number of sulfonamides is 1. The van der Waals surface area contributed by atoms with Gasteiger partial charge in [0, 0.05) is 22.0 Å². The Labute approximate surface area is 190 Å². The summed E-state index contributed by atoms with van der Waals surface area (Å²) in [5.74, 6) is 0.765. The molecule has 32 heavy (non-hydrogen) atoms. The van der Waals surface area contributed by atoms with E-state index in [2.05, 4.69) is 4.40 Å². The van der Waals surface area contributed by atoms with Crippen molar-refractivity contribution in [2.75, 3.05) is 0 Å². The predicted molar refractivity (Wildman–Crippen MR) is 128 cm³/mol. The molecular weight excluding hydrogens is 440 g/mol. The predicted octanol–water partition coefficient (Wildman–Crippen LogP) is 5.86. The van der Waals surface area contributed by atoms with Gasteiger partial charge in [0.05, 0.1) is 10.6 Å². The maximum absolute atomic E-state index is 13.1. The molecule has 0 saturated heterocycles. The molecule has 0 saturated carbocycles. The number of nitrogens with zero attached hydrogens (tertiary/aromatic N) is 2. The van der Waals surface area contributed by atoms with Crippen LogP contribution in [-0.4, -0.2) is 13.0 Å². The highest BCUT2D eigenvalue weighted by Gasteiger charge is 2.20. The highest BCUT2D eigenvalue weighted by Crippen LogP contribution is 2.35. The molecule has 0 aliphatic heterocycles. The standard InChI is InChI=1S/C25H20N2O3S2/c1-17-12-14-20(15-13-17)32(28,29)26-25-27(19-8-4-3-5-9-19)22(16-31-25)24-18(2)30-23-11-7-6-10-21(23)24/h3-16H,1-2H3/b26-25+. The largest absolute Gasteiger partial charge is 0.461 e. The molecule has 0 fully saturated rings. The van der Waals surface area contributed by atoms with Crippen LogP contribution >= 0.6 is 11.3 Å². The van der Waals surface area contributed by atoms with Crippen LogP contribution in [0.5, 0.6) is 0 Å². The Kier molecular flexibility index (Phi) is 5.07.